The van der Waals surface area contributed by atoms with Crippen LogP contribution in [0.1, 0.15) is 16.8 Å². The van der Waals surface area contributed by atoms with Crippen molar-refractivity contribution >= 4 is 21.7 Å². The summed E-state index contributed by atoms with van der Waals surface area (Å²) in [5.41, 5.74) is 1.37. The Labute approximate surface area is 173 Å². The topological polar surface area (TPSA) is 102 Å². The largest absolute Gasteiger partial charge is 0.490 e. The molecule has 0 spiro atoms. The monoisotopic (exact) mass is 425 g/mol. The average molecular weight is 425 g/mol. The Morgan fingerprint density at radius 3 is 2.33 bits per heavy atom. The molecule has 3 aromatic carbocycles. The Morgan fingerprint density at radius 1 is 0.867 bits per heavy atom. The molecular weight excluding hydrogens is 406 g/mol. The maximum Gasteiger partial charge on any atom is 0.337 e. The summed E-state index contributed by atoms with van der Waals surface area (Å²) in [6.45, 7) is 0.914. The first-order chi connectivity index (χ1) is 14.4. The van der Waals surface area contributed by atoms with Crippen LogP contribution in [0.5, 0.6) is 11.5 Å². The number of carbonyl (C=O) groups is 1. The molecule has 0 saturated carbocycles. The predicted octanol–water partition coefficient (Wildman–Crippen LogP) is 4.01. The van der Waals surface area contributed by atoms with Crippen LogP contribution in [0, 0.1) is 0 Å². The molecule has 0 fully saturated rings. The van der Waals surface area contributed by atoms with Crippen molar-refractivity contribution in [3.8, 4) is 22.6 Å². The van der Waals surface area contributed by atoms with Crippen LogP contribution < -0.4 is 14.2 Å². The standard InChI is InChI=1S/C22H19NO6S/c24-22(25)18-9-7-16(15-5-2-1-3-6-15)13-19(18)23-30(26,27)17-8-10-20-21(14-17)29-12-4-11-28-20/h1-3,5-10,13-14,23H,4,11-12H2,(H,24,25). The zero-order valence-electron chi connectivity index (χ0n) is 15.9. The Hall–Kier alpha value is -3.52. The Kier molecular flexibility index (Phi) is 5.33. The fraction of sp³-hybridized carbons (Fsp3) is 0.136. The maximum absolute atomic E-state index is 13.0. The summed E-state index contributed by atoms with van der Waals surface area (Å²) in [7, 11) is -4.06. The minimum atomic E-state index is -4.06. The van der Waals surface area contributed by atoms with E-state index in [-0.39, 0.29) is 16.1 Å². The van der Waals surface area contributed by atoms with E-state index in [2.05, 4.69) is 4.72 Å². The van der Waals surface area contributed by atoms with Gasteiger partial charge in [-0.15, -0.1) is 0 Å². The molecule has 0 atom stereocenters. The molecule has 30 heavy (non-hydrogen) atoms. The predicted molar refractivity (Wildman–Crippen MR) is 112 cm³/mol. The number of anilines is 1. The van der Waals surface area contributed by atoms with Crippen LogP contribution in [-0.2, 0) is 10.0 Å². The van der Waals surface area contributed by atoms with Crippen LogP contribution in [0.15, 0.2) is 71.6 Å². The third-order valence-electron chi connectivity index (χ3n) is 4.63. The molecule has 2 N–H and O–H groups in total. The van der Waals surface area contributed by atoms with E-state index in [0.717, 1.165) is 5.56 Å². The van der Waals surface area contributed by atoms with Gasteiger partial charge in [-0.05, 0) is 35.4 Å². The van der Waals surface area contributed by atoms with Gasteiger partial charge in [0.2, 0.25) is 0 Å². The quantitative estimate of drug-likeness (QED) is 0.640. The van der Waals surface area contributed by atoms with E-state index in [1.807, 2.05) is 30.3 Å². The molecule has 4 rings (SSSR count). The van der Waals surface area contributed by atoms with Crippen molar-refractivity contribution < 1.29 is 27.8 Å². The smallest absolute Gasteiger partial charge is 0.337 e. The molecule has 0 amide bonds. The molecule has 8 heteroatoms. The number of aromatic carboxylic acids is 1. The van der Waals surface area contributed by atoms with Crippen molar-refractivity contribution in [3.63, 3.8) is 0 Å². The van der Waals surface area contributed by atoms with Gasteiger partial charge in [-0.25, -0.2) is 13.2 Å². The number of benzene rings is 3. The molecule has 1 aliphatic rings. The van der Waals surface area contributed by atoms with Gasteiger partial charge in [-0.3, -0.25) is 4.72 Å². The van der Waals surface area contributed by atoms with Crippen LogP contribution in [-0.4, -0.2) is 32.7 Å². The molecule has 0 bridgehead atoms. The molecule has 0 unspecified atom stereocenters. The fourth-order valence-electron chi connectivity index (χ4n) is 3.14. The first kappa shape index (κ1) is 19.8. The highest BCUT2D eigenvalue weighted by atomic mass is 32.2. The highest BCUT2D eigenvalue weighted by Gasteiger charge is 2.22. The van der Waals surface area contributed by atoms with Gasteiger partial charge in [0, 0.05) is 12.5 Å². The average Bonchev–Trinajstić information content (AvgIpc) is 2.99. The number of sulfonamides is 1. The highest BCUT2D eigenvalue weighted by Crippen LogP contribution is 2.33. The van der Waals surface area contributed by atoms with E-state index in [4.69, 9.17) is 9.47 Å². The molecule has 1 heterocycles. The van der Waals surface area contributed by atoms with E-state index < -0.39 is 16.0 Å². The van der Waals surface area contributed by atoms with E-state index in [1.54, 1.807) is 6.07 Å². The molecule has 154 valence electrons. The maximum atomic E-state index is 13.0. The lowest BCUT2D eigenvalue weighted by Gasteiger charge is -2.14. The SMILES string of the molecule is O=C(O)c1ccc(-c2ccccc2)cc1NS(=O)(=O)c1ccc2c(c1)OCCCO2. The van der Waals surface area contributed by atoms with Gasteiger partial charge in [0.1, 0.15) is 0 Å². The highest BCUT2D eigenvalue weighted by molar-refractivity contribution is 7.92. The number of rotatable bonds is 5. The van der Waals surface area contributed by atoms with Crippen molar-refractivity contribution in [2.45, 2.75) is 11.3 Å². The Morgan fingerprint density at radius 2 is 1.60 bits per heavy atom. The van der Waals surface area contributed by atoms with Crippen molar-refractivity contribution in [2.24, 2.45) is 0 Å². The number of hydrogen-bond donors (Lipinski definition) is 2. The molecular formula is C22H19NO6S. The molecule has 3 aromatic rings. The van der Waals surface area contributed by atoms with Crippen LogP contribution in [0.4, 0.5) is 5.69 Å². The lowest BCUT2D eigenvalue weighted by Crippen LogP contribution is -2.16. The number of fused-ring (bicyclic) bond motifs is 1. The van der Waals surface area contributed by atoms with Crippen LogP contribution in [0.2, 0.25) is 0 Å². The summed E-state index contributed by atoms with van der Waals surface area (Å²) in [6.07, 6.45) is 0.698. The van der Waals surface area contributed by atoms with Crippen LogP contribution >= 0.6 is 0 Å². The lowest BCUT2D eigenvalue weighted by atomic mass is 10.0. The second-order valence-corrected chi connectivity index (χ2v) is 8.38. The van der Waals surface area contributed by atoms with Gasteiger partial charge in [-0.2, -0.15) is 0 Å². The third kappa shape index (κ3) is 4.08. The number of ether oxygens (including phenoxy) is 2. The number of nitrogens with one attached hydrogen (secondary N) is 1. The zero-order valence-corrected chi connectivity index (χ0v) is 16.7. The van der Waals surface area contributed by atoms with Gasteiger partial charge >= 0.3 is 5.97 Å². The number of carboxylic acids is 1. The van der Waals surface area contributed by atoms with Gasteiger partial charge in [0.15, 0.2) is 11.5 Å². The van der Waals surface area contributed by atoms with Crippen molar-refractivity contribution in [1.29, 1.82) is 0 Å². The van der Waals surface area contributed by atoms with Crippen molar-refractivity contribution in [2.75, 3.05) is 17.9 Å². The second-order valence-electron chi connectivity index (χ2n) is 6.70. The van der Waals surface area contributed by atoms with E-state index in [0.29, 0.717) is 36.7 Å². The van der Waals surface area contributed by atoms with Gasteiger partial charge in [0.05, 0.1) is 29.4 Å². The van der Waals surface area contributed by atoms with E-state index in [9.17, 15) is 18.3 Å². The molecule has 7 nitrogen and oxygen atoms in total. The summed E-state index contributed by atoms with van der Waals surface area (Å²) in [5.74, 6) is -0.415. The number of hydrogen-bond acceptors (Lipinski definition) is 5. The van der Waals surface area contributed by atoms with E-state index in [1.165, 1.54) is 30.3 Å². The molecule has 1 aliphatic heterocycles. The van der Waals surface area contributed by atoms with Crippen LogP contribution in [0.25, 0.3) is 11.1 Å². The summed E-state index contributed by atoms with van der Waals surface area (Å²) in [5, 5.41) is 9.51. The summed E-state index contributed by atoms with van der Waals surface area (Å²) in [6, 6.07) is 18.1. The van der Waals surface area contributed by atoms with Gasteiger partial charge in [0.25, 0.3) is 10.0 Å². The fourth-order valence-corrected chi connectivity index (χ4v) is 4.23. The Bertz CT molecular complexity index is 1190. The second kappa shape index (κ2) is 8.08. The van der Waals surface area contributed by atoms with Crippen molar-refractivity contribution in [3.05, 3.63) is 72.3 Å². The molecule has 0 saturated heterocycles. The van der Waals surface area contributed by atoms with Crippen LogP contribution in [0.3, 0.4) is 0 Å². The minimum absolute atomic E-state index is 0.0176. The molecule has 0 aromatic heterocycles. The van der Waals surface area contributed by atoms with Gasteiger partial charge in [-0.1, -0.05) is 36.4 Å². The summed E-state index contributed by atoms with van der Waals surface area (Å²) >= 11 is 0. The normalized spacial score (nSPS) is 13.3. The summed E-state index contributed by atoms with van der Waals surface area (Å²) < 4.78 is 39.5. The van der Waals surface area contributed by atoms with Crippen molar-refractivity contribution in [1.82, 2.24) is 0 Å². The summed E-state index contributed by atoms with van der Waals surface area (Å²) in [4.78, 5) is 11.6. The minimum Gasteiger partial charge on any atom is -0.490 e. The molecule has 0 aliphatic carbocycles. The zero-order chi connectivity index (χ0) is 21.1. The Balaban J connectivity index is 1.72. The first-order valence-electron chi connectivity index (χ1n) is 9.29. The van der Waals surface area contributed by atoms with E-state index >= 15 is 0 Å². The van der Waals surface area contributed by atoms with Gasteiger partial charge < -0.3 is 14.6 Å². The third-order valence-corrected chi connectivity index (χ3v) is 5.99. The molecule has 0 radical (unpaired) electrons. The first-order valence-corrected chi connectivity index (χ1v) is 10.8. The lowest BCUT2D eigenvalue weighted by molar-refractivity contribution is 0.0698. The number of carboxylic acid groups (broad SMARTS) is 1.